The van der Waals surface area contributed by atoms with Gasteiger partial charge in [0.2, 0.25) is 0 Å². The first-order valence-electron chi connectivity index (χ1n) is 10.1. The third kappa shape index (κ3) is 3.51. The molecular formula is C28H19BrO2. The van der Waals surface area contributed by atoms with Crippen molar-refractivity contribution in [3.8, 4) is 0 Å². The molecular weight excluding hydrogens is 448 g/mol. The van der Waals surface area contributed by atoms with Crippen LogP contribution in [0.2, 0.25) is 0 Å². The number of aryl methyl sites for hydroxylation is 1. The smallest absolute Gasteiger partial charge is 0.200 e. The molecule has 5 rings (SSSR count). The van der Waals surface area contributed by atoms with Crippen molar-refractivity contribution in [2.45, 2.75) is 6.92 Å². The van der Waals surface area contributed by atoms with Gasteiger partial charge in [-0.15, -0.1) is 0 Å². The SMILES string of the molecule is Cc1oc2c(cc(Br)c3ccccc32)c(=O)c1C=C(c1ccccc1)c1ccccc1. The average Bonchev–Trinajstić information content (AvgIpc) is 2.81. The molecule has 2 nitrogen and oxygen atoms in total. The predicted octanol–water partition coefficient (Wildman–Crippen LogP) is 7.61. The maximum atomic E-state index is 13.6. The molecule has 0 unspecified atom stereocenters. The molecule has 3 heteroatoms. The zero-order valence-corrected chi connectivity index (χ0v) is 18.5. The van der Waals surface area contributed by atoms with Crippen molar-refractivity contribution >= 4 is 49.3 Å². The van der Waals surface area contributed by atoms with E-state index in [9.17, 15) is 4.79 Å². The average molecular weight is 467 g/mol. The second kappa shape index (κ2) is 8.01. The van der Waals surface area contributed by atoms with E-state index in [4.69, 9.17) is 4.42 Å². The van der Waals surface area contributed by atoms with Crippen LogP contribution in [0.15, 0.2) is 105 Å². The standard InChI is InChI=1S/C28H19BrO2/c1-18-23(16-24(19-10-4-2-5-11-19)20-12-6-3-7-13-20)27(30)25-17-26(29)21-14-8-9-15-22(21)28(25)31-18/h2-17H,1H3. The van der Waals surface area contributed by atoms with E-state index in [1.54, 1.807) is 0 Å². The lowest BCUT2D eigenvalue weighted by molar-refractivity contribution is 0.566. The maximum Gasteiger partial charge on any atom is 0.200 e. The van der Waals surface area contributed by atoms with Gasteiger partial charge in [0.25, 0.3) is 0 Å². The van der Waals surface area contributed by atoms with E-state index in [-0.39, 0.29) is 5.43 Å². The topological polar surface area (TPSA) is 30.2 Å². The van der Waals surface area contributed by atoms with E-state index in [0.717, 1.165) is 31.9 Å². The summed E-state index contributed by atoms with van der Waals surface area (Å²) >= 11 is 3.62. The molecule has 1 aromatic heterocycles. The Balaban J connectivity index is 1.82. The number of rotatable bonds is 3. The van der Waals surface area contributed by atoms with Gasteiger partial charge in [-0.3, -0.25) is 4.79 Å². The quantitative estimate of drug-likeness (QED) is 0.256. The van der Waals surface area contributed by atoms with Crippen LogP contribution in [0.4, 0.5) is 0 Å². The van der Waals surface area contributed by atoms with E-state index >= 15 is 0 Å². The third-order valence-electron chi connectivity index (χ3n) is 5.53. The Morgan fingerprint density at radius 2 is 1.32 bits per heavy atom. The summed E-state index contributed by atoms with van der Waals surface area (Å²) < 4.78 is 7.13. The van der Waals surface area contributed by atoms with Crippen molar-refractivity contribution in [1.29, 1.82) is 0 Å². The van der Waals surface area contributed by atoms with Gasteiger partial charge in [0.1, 0.15) is 11.3 Å². The molecule has 0 spiro atoms. The van der Waals surface area contributed by atoms with E-state index in [1.165, 1.54) is 0 Å². The second-order valence-electron chi connectivity index (χ2n) is 7.47. The van der Waals surface area contributed by atoms with E-state index < -0.39 is 0 Å². The summed E-state index contributed by atoms with van der Waals surface area (Å²) in [6, 6.07) is 30.0. The number of hydrogen-bond acceptors (Lipinski definition) is 2. The fourth-order valence-corrected chi connectivity index (χ4v) is 4.55. The number of benzene rings is 4. The van der Waals surface area contributed by atoms with Gasteiger partial charge >= 0.3 is 0 Å². The molecule has 4 aromatic carbocycles. The van der Waals surface area contributed by atoms with Crippen molar-refractivity contribution in [3.63, 3.8) is 0 Å². The zero-order valence-electron chi connectivity index (χ0n) is 16.9. The second-order valence-corrected chi connectivity index (χ2v) is 8.33. The lowest BCUT2D eigenvalue weighted by Crippen LogP contribution is -2.08. The Morgan fingerprint density at radius 1 is 0.774 bits per heavy atom. The van der Waals surface area contributed by atoms with E-state index in [1.807, 2.05) is 79.7 Å². The highest BCUT2D eigenvalue weighted by atomic mass is 79.9. The van der Waals surface area contributed by atoms with Crippen molar-refractivity contribution in [2.75, 3.05) is 0 Å². The van der Waals surface area contributed by atoms with Crippen LogP contribution < -0.4 is 5.43 Å². The lowest BCUT2D eigenvalue weighted by Gasteiger charge is -2.11. The number of hydrogen-bond donors (Lipinski definition) is 0. The minimum absolute atomic E-state index is 0.0328. The molecule has 0 radical (unpaired) electrons. The Morgan fingerprint density at radius 3 is 1.94 bits per heavy atom. The maximum absolute atomic E-state index is 13.6. The molecule has 0 aliphatic carbocycles. The van der Waals surface area contributed by atoms with Gasteiger partial charge in [0.05, 0.1) is 10.9 Å². The van der Waals surface area contributed by atoms with Gasteiger partial charge in [0, 0.05) is 9.86 Å². The van der Waals surface area contributed by atoms with Crippen LogP contribution in [0.25, 0.3) is 33.4 Å². The van der Waals surface area contributed by atoms with Crippen LogP contribution in [0.3, 0.4) is 0 Å². The van der Waals surface area contributed by atoms with Crippen molar-refractivity contribution in [2.24, 2.45) is 0 Å². The molecule has 0 fully saturated rings. The number of fused-ring (bicyclic) bond motifs is 3. The summed E-state index contributed by atoms with van der Waals surface area (Å²) in [5.74, 6) is 0.606. The highest BCUT2D eigenvalue weighted by molar-refractivity contribution is 9.10. The van der Waals surface area contributed by atoms with Crippen molar-refractivity contribution < 1.29 is 4.42 Å². The molecule has 150 valence electrons. The summed E-state index contributed by atoms with van der Waals surface area (Å²) in [6.45, 7) is 1.86. The Kier molecular flexibility index (Phi) is 5.05. The number of halogens is 1. The molecule has 0 amide bonds. The molecule has 5 aromatic rings. The monoisotopic (exact) mass is 466 g/mol. The summed E-state index contributed by atoms with van der Waals surface area (Å²) in [4.78, 5) is 13.6. The van der Waals surface area contributed by atoms with Crippen LogP contribution in [-0.2, 0) is 0 Å². The minimum atomic E-state index is -0.0328. The Bertz CT molecular complexity index is 1460. The van der Waals surface area contributed by atoms with E-state index in [2.05, 4.69) is 40.2 Å². The van der Waals surface area contributed by atoms with Crippen LogP contribution in [0.1, 0.15) is 22.5 Å². The van der Waals surface area contributed by atoms with Gasteiger partial charge in [0.15, 0.2) is 5.43 Å². The molecule has 0 saturated carbocycles. The zero-order chi connectivity index (χ0) is 21.4. The summed E-state index contributed by atoms with van der Waals surface area (Å²) in [6.07, 6.45) is 1.95. The van der Waals surface area contributed by atoms with Gasteiger partial charge in [-0.25, -0.2) is 0 Å². The first kappa shape index (κ1) is 19.5. The molecule has 0 N–H and O–H groups in total. The molecule has 0 atom stereocenters. The van der Waals surface area contributed by atoms with Gasteiger partial charge in [-0.2, -0.15) is 0 Å². The van der Waals surface area contributed by atoms with Crippen LogP contribution in [0, 0.1) is 6.92 Å². The molecule has 0 aliphatic heterocycles. The Hall–Kier alpha value is -3.43. The van der Waals surface area contributed by atoms with Crippen molar-refractivity contribution in [1.82, 2.24) is 0 Å². The molecule has 0 bridgehead atoms. The normalized spacial score (nSPS) is 11.0. The Labute approximate surface area is 188 Å². The predicted molar refractivity (Wildman–Crippen MR) is 132 cm³/mol. The summed E-state index contributed by atoms with van der Waals surface area (Å²) in [5, 5.41) is 2.52. The molecule has 0 aliphatic rings. The third-order valence-corrected chi connectivity index (χ3v) is 6.18. The highest BCUT2D eigenvalue weighted by Crippen LogP contribution is 2.33. The summed E-state index contributed by atoms with van der Waals surface area (Å²) in [7, 11) is 0. The van der Waals surface area contributed by atoms with Gasteiger partial charge in [-0.05, 0) is 41.2 Å². The summed E-state index contributed by atoms with van der Waals surface area (Å²) in [5.41, 5.74) is 4.24. The first-order chi connectivity index (χ1) is 15.1. The fourth-order valence-electron chi connectivity index (χ4n) is 3.98. The van der Waals surface area contributed by atoms with E-state index in [0.29, 0.717) is 22.3 Å². The van der Waals surface area contributed by atoms with Gasteiger partial charge in [-0.1, -0.05) is 101 Å². The largest absolute Gasteiger partial charge is 0.460 e. The molecule has 1 heterocycles. The highest BCUT2D eigenvalue weighted by Gasteiger charge is 2.16. The lowest BCUT2D eigenvalue weighted by atomic mass is 9.95. The van der Waals surface area contributed by atoms with Crippen LogP contribution in [0.5, 0.6) is 0 Å². The van der Waals surface area contributed by atoms with Crippen molar-refractivity contribution in [3.05, 3.63) is 128 Å². The van der Waals surface area contributed by atoms with Crippen LogP contribution >= 0.6 is 15.9 Å². The van der Waals surface area contributed by atoms with Crippen LogP contribution in [-0.4, -0.2) is 0 Å². The molecule has 31 heavy (non-hydrogen) atoms. The molecule has 0 saturated heterocycles. The first-order valence-corrected chi connectivity index (χ1v) is 10.9. The minimum Gasteiger partial charge on any atom is -0.460 e. The fraction of sp³-hybridized carbons (Fsp3) is 0.0357. The van der Waals surface area contributed by atoms with Gasteiger partial charge < -0.3 is 4.42 Å².